The molecule has 2 rings (SSSR count). The minimum Gasteiger partial charge on any atom is -0.504 e. The van der Waals surface area contributed by atoms with Crippen molar-refractivity contribution in [3.8, 4) is 11.5 Å². The molecule has 1 atom stereocenters. The second kappa shape index (κ2) is 6.58. The molecule has 1 heterocycles. The number of phenols is 1. The Labute approximate surface area is 123 Å². The lowest BCUT2D eigenvalue weighted by atomic mass is 10.0. The molecular weight excluding hydrogens is 272 g/mol. The number of phenolic OH excluding ortho intramolecular Hbond substituents is 1. The van der Waals surface area contributed by atoms with Gasteiger partial charge in [-0.2, -0.15) is 0 Å². The lowest BCUT2D eigenvalue weighted by molar-refractivity contribution is -0.148. The number of likely N-dealkylation sites (tertiary alicyclic amines) is 1. The van der Waals surface area contributed by atoms with Crippen LogP contribution in [0.1, 0.15) is 25.3 Å². The number of likely N-dealkylation sites (N-methyl/N-ethyl adjacent to an activating group) is 1. The van der Waals surface area contributed by atoms with Crippen molar-refractivity contribution in [2.24, 2.45) is 0 Å². The van der Waals surface area contributed by atoms with Crippen molar-refractivity contribution in [3.05, 3.63) is 23.8 Å². The average molecular weight is 292 g/mol. The van der Waals surface area contributed by atoms with Crippen LogP contribution in [0, 0.1) is 0 Å². The number of nitrogens with one attached hydrogen (secondary N) is 1. The number of nitrogens with zero attached hydrogens (tertiary/aromatic N) is 1. The molecule has 6 heteroatoms. The van der Waals surface area contributed by atoms with E-state index in [0.29, 0.717) is 31.7 Å². The molecule has 2 amide bonds. The van der Waals surface area contributed by atoms with Crippen LogP contribution in [-0.2, 0) is 16.1 Å². The molecule has 0 radical (unpaired) electrons. The summed E-state index contributed by atoms with van der Waals surface area (Å²) in [6.07, 6.45) is 0.887. The molecule has 0 aromatic heterocycles. The normalized spacial score (nSPS) is 19.0. The first-order valence-electron chi connectivity index (χ1n) is 7.01. The molecule has 0 saturated carbocycles. The summed E-state index contributed by atoms with van der Waals surface area (Å²) < 4.78 is 5.32. The largest absolute Gasteiger partial charge is 0.504 e. The van der Waals surface area contributed by atoms with Gasteiger partial charge in [-0.25, -0.2) is 0 Å². The maximum atomic E-state index is 12.0. The Balaban J connectivity index is 1.98. The number of carbonyl (C=O) groups is 2. The summed E-state index contributed by atoms with van der Waals surface area (Å²) in [5, 5.41) is 12.8. The van der Waals surface area contributed by atoms with Crippen LogP contribution in [0.3, 0.4) is 0 Å². The van der Waals surface area contributed by atoms with Crippen LogP contribution < -0.4 is 10.1 Å². The van der Waals surface area contributed by atoms with E-state index in [9.17, 15) is 14.7 Å². The molecule has 2 N–H and O–H groups in total. The van der Waals surface area contributed by atoms with E-state index >= 15 is 0 Å². The highest BCUT2D eigenvalue weighted by molar-refractivity contribution is 6.00. The maximum Gasteiger partial charge on any atom is 0.246 e. The minimum atomic E-state index is -0.350. The van der Waals surface area contributed by atoms with Crippen molar-refractivity contribution in [1.82, 2.24) is 10.2 Å². The number of benzene rings is 1. The maximum absolute atomic E-state index is 12.0. The third kappa shape index (κ3) is 3.52. The molecule has 1 aliphatic heterocycles. The van der Waals surface area contributed by atoms with E-state index < -0.39 is 0 Å². The lowest BCUT2D eigenvalue weighted by Gasteiger charge is -2.28. The summed E-state index contributed by atoms with van der Waals surface area (Å²) >= 11 is 0. The number of piperidine rings is 1. The predicted octanol–water partition coefficient (Wildman–Crippen LogP) is 1.03. The van der Waals surface area contributed by atoms with Gasteiger partial charge in [0, 0.05) is 20.0 Å². The SMILES string of the molecule is CCOc1cc(CNC2CCC(=O)N(C)C2=O)ccc1O. The Hall–Kier alpha value is -2.08. The van der Waals surface area contributed by atoms with Gasteiger partial charge in [0.15, 0.2) is 11.5 Å². The Bertz CT molecular complexity index is 544. The van der Waals surface area contributed by atoms with E-state index in [1.165, 1.54) is 11.9 Å². The molecule has 1 aromatic rings. The molecule has 114 valence electrons. The summed E-state index contributed by atoms with van der Waals surface area (Å²) in [5.41, 5.74) is 0.906. The highest BCUT2D eigenvalue weighted by Crippen LogP contribution is 2.26. The van der Waals surface area contributed by atoms with E-state index in [2.05, 4.69) is 5.32 Å². The third-order valence-electron chi connectivity index (χ3n) is 3.53. The highest BCUT2D eigenvalue weighted by atomic mass is 16.5. The first kappa shape index (κ1) is 15.3. The fourth-order valence-corrected chi connectivity index (χ4v) is 2.29. The smallest absolute Gasteiger partial charge is 0.246 e. The molecule has 1 aromatic carbocycles. The van der Waals surface area contributed by atoms with Crippen LogP contribution in [0.25, 0.3) is 0 Å². The third-order valence-corrected chi connectivity index (χ3v) is 3.53. The lowest BCUT2D eigenvalue weighted by Crippen LogP contribution is -2.51. The Morgan fingerprint density at radius 3 is 2.90 bits per heavy atom. The fraction of sp³-hybridized carbons (Fsp3) is 0.467. The molecule has 0 aliphatic carbocycles. The summed E-state index contributed by atoms with van der Waals surface area (Å²) in [7, 11) is 1.51. The van der Waals surface area contributed by atoms with E-state index in [1.807, 2.05) is 6.92 Å². The Kier molecular flexibility index (Phi) is 4.80. The molecule has 0 bridgehead atoms. The monoisotopic (exact) mass is 292 g/mol. The van der Waals surface area contributed by atoms with Crippen molar-refractivity contribution < 1.29 is 19.4 Å². The van der Waals surface area contributed by atoms with Crippen molar-refractivity contribution in [2.75, 3.05) is 13.7 Å². The standard InChI is InChI=1S/C15H20N2O4/c1-3-21-13-8-10(4-6-12(13)18)9-16-11-5-7-14(19)17(2)15(11)20/h4,6,8,11,16,18H,3,5,7,9H2,1-2H3. The van der Waals surface area contributed by atoms with Gasteiger partial charge in [-0.05, 0) is 31.0 Å². The van der Waals surface area contributed by atoms with Gasteiger partial charge >= 0.3 is 0 Å². The van der Waals surface area contributed by atoms with Crippen LogP contribution in [0.2, 0.25) is 0 Å². The topological polar surface area (TPSA) is 78.9 Å². The van der Waals surface area contributed by atoms with Gasteiger partial charge in [-0.3, -0.25) is 14.5 Å². The molecule has 21 heavy (non-hydrogen) atoms. The van der Waals surface area contributed by atoms with Crippen molar-refractivity contribution in [2.45, 2.75) is 32.4 Å². The minimum absolute atomic E-state index is 0.0969. The quantitative estimate of drug-likeness (QED) is 0.792. The number of hydrogen-bond acceptors (Lipinski definition) is 5. The van der Waals surface area contributed by atoms with E-state index in [4.69, 9.17) is 4.74 Å². The summed E-state index contributed by atoms with van der Waals surface area (Å²) in [6, 6.07) is 4.73. The number of carbonyl (C=O) groups excluding carboxylic acids is 2. The molecular formula is C15H20N2O4. The molecule has 1 aliphatic rings. The molecule has 1 fully saturated rings. The van der Waals surface area contributed by atoms with Gasteiger partial charge in [-0.15, -0.1) is 0 Å². The molecule has 1 saturated heterocycles. The van der Waals surface area contributed by atoms with Gasteiger partial charge in [-0.1, -0.05) is 6.07 Å². The van der Waals surface area contributed by atoms with Gasteiger partial charge in [0.2, 0.25) is 11.8 Å². The number of rotatable bonds is 5. The molecule has 0 spiro atoms. The van der Waals surface area contributed by atoms with Crippen molar-refractivity contribution in [1.29, 1.82) is 0 Å². The molecule has 6 nitrogen and oxygen atoms in total. The average Bonchev–Trinajstić information content (AvgIpc) is 2.47. The van der Waals surface area contributed by atoms with Crippen LogP contribution in [0.5, 0.6) is 11.5 Å². The number of amides is 2. The summed E-state index contributed by atoms with van der Waals surface area (Å²) in [4.78, 5) is 24.5. The second-order valence-corrected chi connectivity index (χ2v) is 5.00. The first-order chi connectivity index (χ1) is 10.0. The van der Waals surface area contributed by atoms with Gasteiger partial charge in [0.1, 0.15) is 0 Å². The zero-order valence-corrected chi connectivity index (χ0v) is 12.3. The Morgan fingerprint density at radius 2 is 2.19 bits per heavy atom. The van der Waals surface area contributed by atoms with E-state index in [-0.39, 0.29) is 23.6 Å². The fourth-order valence-electron chi connectivity index (χ4n) is 2.29. The van der Waals surface area contributed by atoms with Gasteiger partial charge < -0.3 is 15.2 Å². The van der Waals surface area contributed by atoms with Gasteiger partial charge in [0.25, 0.3) is 0 Å². The summed E-state index contributed by atoms with van der Waals surface area (Å²) in [6.45, 7) is 2.79. The number of imide groups is 1. The van der Waals surface area contributed by atoms with Crippen LogP contribution >= 0.6 is 0 Å². The van der Waals surface area contributed by atoms with E-state index in [0.717, 1.165) is 5.56 Å². The van der Waals surface area contributed by atoms with Crippen LogP contribution in [0.4, 0.5) is 0 Å². The first-order valence-corrected chi connectivity index (χ1v) is 7.01. The number of aromatic hydroxyl groups is 1. The Morgan fingerprint density at radius 1 is 1.43 bits per heavy atom. The van der Waals surface area contributed by atoms with Crippen molar-refractivity contribution in [3.63, 3.8) is 0 Å². The van der Waals surface area contributed by atoms with Crippen LogP contribution in [0.15, 0.2) is 18.2 Å². The highest BCUT2D eigenvalue weighted by Gasteiger charge is 2.31. The van der Waals surface area contributed by atoms with E-state index in [1.54, 1.807) is 18.2 Å². The summed E-state index contributed by atoms with van der Waals surface area (Å²) in [5.74, 6) is 0.190. The number of hydrogen-bond donors (Lipinski definition) is 2. The zero-order valence-electron chi connectivity index (χ0n) is 12.3. The van der Waals surface area contributed by atoms with Gasteiger partial charge in [0.05, 0.1) is 12.6 Å². The number of ether oxygens (including phenoxy) is 1. The molecule has 1 unspecified atom stereocenters. The predicted molar refractivity (Wildman–Crippen MR) is 76.9 cm³/mol. The van der Waals surface area contributed by atoms with Crippen LogP contribution in [-0.4, -0.2) is 41.5 Å². The van der Waals surface area contributed by atoms with Crippen molar-refractivity contribution >= 4 is 11.8 Å². The second-order valence-electron chi connectivity index (χ2n) is 5.00. The zero-order chi connectivity index (χ0) is 15.4.